The summed E-state index contributed by atoms with van der Waals surface area (Å²) in [7, 11) is 1.69. The highest BCUT2D eigenvalue weighted by Crippen LogP contribution is 2.30. The lowest BCUT2D eigenvalue weighted by Gasteiger charge is -2.06. The molecule has 3 aromatic rings. The van der Waals surface area contributed by atoms with E-state index in [2.05, 4.69) is 34.6 Å². The van der Waals surface area contributed by atoms with Crippen LogP contribution >= 0.6 is 11.3 Å². The zero-order chi connectivity index (χ0) is 11.7. The maximum absolute atomic E-state index is 5.24. The molecule has 0 fully saturated rings. The van der Waals surface area contributed by atoms with E-state index in [1.807, 2.05) is 17.6 Å². The normalized spacial score (nSPS) is 10.6. The predicted octanol–water partition coefficient (Wildman–Crippen LogP) is 3.97. The van der Waals surface area contributed by atoms with E-state index >= 15 is 0 Å². The number of methoxy groups -OCH3 is 1. The van der Waals surface area contributed by atoms with Gasteiger partial charge in [-0.2, -0.15) is 0 Å². The fourth-order valence-corrected chi connectivity index (χ4v) is 2.51. The molecule has 0 saturated heterocycles. The largest absolute Gasteiger partial charge is 0.497 e. The average Bonchev–Trinajstić information content (AvgIpc) is 2.91. The Morgan fingerprint density at radius 1 is 1.18 bits per heavy atom. The van der Waals surface area contributed by atoms with Gasteiger partial charge in [0.25, 0.3) is 0 Å². The second kappa shape index (κ2) is 4.18. The number of thiazole rings is 1. The summed E-state index contributed by atoms with van der Waals surface area (Å²) >= 11 is 1.61. The van der Waals surface area contributed by atoms with E-state index in [9.17, 15) is 0 Å². The Hall–Kier alpha value is -1.87. The van der Waals surface area contributed by atoms with Gasteiger partial charge in [0.15, 0.2) is 0 Å². The molecule has 0 N–H and O–H groups in total. The van der Waals surface area contributed by atoms with Crippen molar-refractivity contribution in [3.05, 3.63) is 47.3 Å². The Bertz CT molecular complexity index is 646. The lowest BCUT2D eigenvalue weighted by molar-refractivity contribution is 0.415. The number of benzene rings is 2. The van der Waals surface area contributed by atoms with E-state index in [4.69, 9.17) is 4.74 Å². The molecule has 17 heavy (non-hydrogen) atoms. The Morgan fingerprint density at radius 3 is 2.88 bits per heavy atom. The van der Waals surface area contributed by atoms with E-state index in [1.54, 1.807) is 18.4 Å². The van der Waals surface area contributed by atoms with Crippen LogP contribution in [0.3, 0.4) is 0 Å². The van der Waals surface area contributed by atoms with Crippen LogP contribution in [0.5, 0.6) is 5.75 Å². The minimum atomic E-state index is 0.882. The summed E-state index contributed by atoms with van der Waals surface area (Å²) < 4.78 is 5.24. The van der Waals surface area contributed by atoms with Crippen LogP contribution < -0.4 is 4.74 Å². The molecular weight excluding hydrogens is 230 g/mol. The molecule has 0 aliphatic heterocycles. The van der Waals surface area contributed by atoms with E-state index in [0.29, 0.717) is 0 Å². The van der Waals surface area contributed by atoms with Crippen molar-refractivity contribution in [2.45, 2.75) is 0 Å². The predicted molar refractivity (Wildman–Crippen MR) is 71.6 cm³/mol. The molecule has 0 aliphatic rings. The van der Waals surface area contributed by atoms with E-state index in [1.165, 1.54) is 16.3 Å². The number of hydrogen-bond acceptors (Lipinski definition) is 3. The minimum absolute atomic E-state index is 0.882. The monoisotopic (exact) mass is 241 g/mol. The first-order valence-electron chi connectivity index (χ1n) is 5.34. The number of rotatable bonds is 2. The molecule has 0 amide bonds. The van der Waals surface area contributed by atoms with Crippen molar-refractivity contribution in [2.75, 3.05) is 7.11 Å². The van der Waals surface area contributed by atoms with Gasteiger partial charge < -0.3 is 4.74 Å². The standard InChI is InChI=1S/C14H11NOS/c1-16-11-5-6-12-10(7-11)3-2-4-13(12)14-8-17-9-15-14/h2-9H,1H3. The van der Waals surface area contributed by atoms with Crippen LogP contribution in [0.15, 0.2) is 47.3 Å². The average molecular weight is 241 g/mol. The molecule has 84 valence electrons. The second-order valence-electron chi connectivity index (χ2n) is 3.77. The van der Waals surface area contributed by atoms with Crippen LogP contribution in [0.25, 0.3) is 22.0 Å². The quantitative estimate of drug-likeness (QED) is 0.677. The number of ether oxygens (including phenoxy) is 1. The van der Waals surface area contributed by atoms with Crippen molar-refractivity contribution >= 4 is 22.1 Å². The number of aromatic nitrogens is 1. The summed E-state index contributed by atoms with van der Waals surface area (Å²) in [5, 5.41) is 4.45. The minimum Gasteiger partial charge on any atom is -0.497 e. The summed E-state index contributed by atoms with van der Waals surface area (Å²) in [5.41, 5.74) is 4.06. The van der Waals surface area contributed by atoms with Crippen LogP contribution in [0.1, 0.15) is 0 Å². The molecule has 3 rings (SSSR count). The van der Waals surface area contributed by atoms with Crippen LogP contribution in [0, 0.1) is 0 Å². The van der Waals surface area contributed by atoms with E-state index in [-0.39, 0.29) is 0 Å². The molecule has 1 heterocycles. The molecule has 0 aliphatic carbocycles. The van der Waals surface area contributed by atoms with Crippen LogP contribution in [-0.4, -0.2) is 12.1 Å². The van der Waals surface area contributed by atoms with Crippen molar-refractivity contribution in [3.63, 3.8) is 0 Å². The van der Waals surface area contributed by atoms with Gasteiger partial charge in [-0.15, -0.1) is 11.3 Å². The Balaban J connectivity index is 2.27. The fraction of sp³-hybridized carbons (Fsp3) is 0.0714. The summed E-state index contributed by atoms with van der Waals surface area (Å²) in [6.45, 7) is 0. The zero-order valence-electron chi connectivity index (χ0n) is 9.38. The van der Waals surface area contributed by atoms with E-state index in [0.717, 1.165) is 11.4 Å². The molecule has 0 bridgehead atoms. The smallest absolute Gasteiger partial charge is 0.119 e. The highest BCUT2D eigenvalue weighted by Gasteiger charge is 2.05. The van der Waals surface area contributed by atoms with Gasteiger partial charge in [0.1, 0.15) is 5.75 Å². The number of fused-ring (bicyclic) bond motifs is 1. The Kier molecular flexibility index (Phi) is 2.53. The highest BCUT2D eigenvalue weighted by molar-refractivity contribution is 7.07. The summed E-state index contributed by atoms with van der Waals surface area (Å²) in [4.78, 5) is 4.37. The third-order valence-corrected chi connectivity index (χ3v) is 3.38. The van der Waals surface area contributed by atoms with Gasteiger partial charge in [-0.3, -0.25) is 0 Å². The molecule has 0 spiro atoms. The lowest BCUT2D eigenvalue weighted by atomic mass is 10.0. The van der Waals surface area contributed by atoms with E-state index < -0.39 is 0 Å². The topological polar surface area (TPSA) is 22.1 Å². The van der Waals surface area contributed by atoms with Crippen molar-refractivity contribution < 1.29 is 4.74 Å². The molecule has 3 heteroatoms. The van der Waals surface area contributed by atoms with Crippen molar-refractivity contribution in [2.24, 2.45) is 0 Å². The number of nitrogens with zero attached hydrogens (tertiary/aromatic N) is 1. The summed E-state index contributed by atoms with van der Waals surface area (Å²) in [6.07, 6.45) is 0. The maximum Gasteiger partial charge on any atom is 0.119 e. The third-order valence-electron chi connectivity index (χ3n) is 2.80. The maximum atomic E-state index is 5.24. The molecule has 2 nitrogen and oxygen atoms in total. The highest BCUT2D eigenvalue weighted by atomic mass is 32.1. The second-order valence-corrected chi connectivity index (χ2v) is 4.49. The third kappa shape index (κ3) is 1.78. The Morgan fingerprint density at radius 2 is 2.12 bits per heavy atom. The first-order valence-corrected chi connectivity index (χ1v) is 6.28. The van der Waals surface area contributed by atoms with Gasteiger partial charge in [-0.25, -0.2) is 4.98 Å². The summed E-state index contributed by atoms with van der Waals surface area (Å²) in [6, 6.07) is 12.4. The molecular formula is C14H11NOS. The molecule has 0 radical (unpaired) electrons. The molecule has 0 unspecified atom stereocenters. The molecule has 2 aromatic carbocycles. The number of hydrogen-bond donors (Lipinski definition) is 0. The molecule has 0 saturated carbocycles. The molecule has 0 atom stereocenters. The van der Waals surface area contributed by atoms with Crippen LogP contribution in [0.4, 0.5) is 0 Å². The van der Waals surface area contributed by atoms with Gasteiger partial charge in [0.05, 0.1) is 18.3 Å². The van der Waals surface area contributed by atoms with Crippen LogP contribution in [-0.2, 0) is 0 Å². The van der Waals surface area contributed by atoms with Gasteiger partial charge in [-0.1, -0.05) is 24.3 Å². The van der Waals surface area contributed by atoms with Crippen molar-refractivity contribution in [1.82, 2.24) is 4.98 Å². The van der Waals surface area contributed by atoms with Gasteiger partial charge in [0.2, 0.25) is 0 Å². The molecule has 1 aromatic heterocycles. The lowest BCUT2D eigenvalue weighted by Crippen LogP contribution is -1.84. The fourth-order valence-electron chi connectivity index (χ4n) is 1.96. The van der Waals surface area contributed by atoms with Crippen LogP contribution in [0.2, 0.25) is 0 Å². The van der Waals surface area contributed by atoms with Crippen molar-refractivity contribution in [3.8, 4) is 17.0 Å². The van der Waals surface area contributed by atoms with Gasteiger partial charge in [0, 0.05) is 10.9 Å². The first-order chi connectivity index (χ1) is 8.38. The first kappa shape index (κ1) is 10.3. The zero-order valence-corrected chi connectivity index (χ0v) is 10.2. The van der Waals surface area contributed by atoms with Gasteiger partial charge in [-0.05, 0) is 22.9 Å². The SMILES string of the molecule is COc1ccc2c(-c3cscn3)cccc2c1. The van der Waals surface area contributed by atoms with Gasteiger partial charge >= 0.3 is 0 Å². The Labute approximate surface area is 104 Å². The summed E-state index contributed by atoms with van der Waals surface area (Å²) in [5.74, 6) is 0.882. The van der Waals surface area contributed by atoms with Crippen molar-refractivity contribution in [1.29, 1.82) is 0 Å².